The molecule has 5 N–H and O–H groups in total. The third-order valence-corrected chi connectivity index (χ3v) is 6.38. The van der Waals surface area contributed by atoms with Gasteiger partial charge in [0.2, 0.25) is 5.54 Å². The molecular formula is C23H19N5O5S. The van der Waals surface area contributed by atoms with Crippen LogP contribution < -0.4 is 25.8 Å². The number of carbonyl (C=O) groups is 2. The quantitative estimate of drug-likeness (QED) is 0.261. The number of aromatic hydroxyl groups is 1. The van der Waals surface area contributed by atoms with Crippen molar-refractivity contribution >= 4 is 49.4 Å². The Morgan fingerprint density at radius 1 is 1.21 bits per heavy atom. The summed E-state index contributed by atoms with van der Waals surface area (Å²) in [5.74, 6) is 6.29. The van der Waals surface area contributed by atoms with Crippen molar-refractivity contribution in [3.63, 3.8) is 0 Å². The minimum absolute atomic E-state index is 0.0833. The monoisotopic (exact) mass is 477 g/mol. The molecule has 34 heavy (non-hydrogen) atoms. The van der Waals surface area contributed by atoms with Gasteiger partial charge < -0.3 is 30.2 Å². The molecule has 10 nitrogen and oxygen atoms in total. The molecule has 1 fully saturated rings. The first-order valence-electron chi connectivity index (χ1n) is 10.1. The Morgan fingerprint density at radius 2 is 2.00 bits per heavy atom. The van der Waals surface area contributed by atoms with Gasteiger partial charge in [0.15, 0.2) is 11.0 Å². The van der Waals surface area contributed by atoms with Crippen LogP contribution in [0.4, 0.5) is 9.93 Å². The van der Waals surface area contributed by atoms with Gasteiger partial charge in [0.1, 0.15) is 11.5 Å². The summed E-state index contributed by atoms with van der Waals surface area (Å²) in [5, 5.41) is 17.3. The van der Waals surface area contributed by atoms with Crippen LogP contribution in [-0.2, 0) is 11.3 Å². The van der Waals surface area contributed by atoms with E-state index in [9.17, 15) is 14.7 Å². The number of imide groups is 1. The summed E-state index contributed by atoms with van der Waals surface area (Å²) in [6.45, 7) is -0.132. The van der Waals surface area contributed by atoms with Crippen LogP contribution >= 0.6 is 11.3 Å². The van der Waals surface area contributed by atoms with Crippen LogP contribution in [0.15, 0.2) is 36.5 Å². The van der Waals surface area contributed by atoms with E-state index in [1.54, 1.807) is 36.5 Å². The number of nitrogens with two attached hydrogens (primary N) is 1. The van der Waals surface area contributed by atoms with E-state index in [0.29, 0.717) is 33.1 Å². The molecule has 1 atom stereocenters. The van der Waals surface area contributed by atoms with E-state index in [4.69, 9.17) is 15.2 Å². The Morgan fingerprint density at radius 3 is 2.71 bits per heavy atom. The van der Waals surface area contributed by atoms with E-state index in [0.717, 1.165) is 10.1 Å². The molecule has 2 aromatic carbocycles. The van der Waals surface area contributed by atoms with Gasteiger partial charge >= 0.3 is 6.03 Å². The maximum Gasteiger partial charge on any atom is 0.323 e. The van der Waals surface area contributed by atoms with E-state index < -0.39 is 17.5 Å². The molecule has 1 aliphatic rings. The Labute approximate surface area is 197 Å². The number of urea groups is 1. The highest BCUT2D eigenvalue weighted by Gasteiger charge is 2.46. The van der Waals surface area contributed by atoms with E-state index >= 15 is 0 Å². The van der Waals surface area contributed by atoms with Gasteiger partial charge in [-0.3, -0.25) is 10.1 Å². The summed E-state index contributed by atoms with van der Waals surface area (Å²) in [4.78, 5) is 29.3. The number of rotatable bonds is 4. The number of amides is 3. The zero-order chi connectivity index (χ0) is 24.0. The molecule has 1 aliphatic heterocycles. The predicted molar refractivity (Wildman–Crippen MR) is 127 cm³/mol. The molecule has 3 amide bonds. The van der Waals surface area contributed by atoms with E-state index in [-0.39, 0.29) is 12.4 Å². The highest BCUT2D eigenvalue weighted by molar-refractivity contribution is 7.22. The van der Waals surface area contributed by atoms with Gasteiger partial charge in [0.05, 0.1) is 36.5 Å². The van der Waals surface area contributed by atoms with Crippen molar-refractivity contribution in [3.05, 3.63) is 42.1 Å². The standard InChI is InChI=1S/C23H19N5O5S/c1-32-14-4-3-13-10-28(19(29)16(13)8-14)11-23(20(30)26-22(31)27-23)6-5-12-7-15(33-2)9-17-18(12)25-21(24)34-17/h3-4,7-10,29H,11H2,1-2H3,(H2,24,25)(H2,26,27,30,31)/t23-/m1/s1. The number of carbonyl (C=O) groups excluding carboxylic acids is 2. The van der Waals surface area contributed by atoms with Gasteiger partial charge in [-0.2, -0.15) is 0 Å². The minimum Gasteiger partial charge on any atom is -0.497 e. The van der Waals surface area contributed by atoms with Crippen LogP contribution in [0.5, 0.6) is 17.4 Å². The van der Waals surface area contributed by atoms with Crippen LogP contribution in [0.3, 0.4) is 0 Å². The molecule has 11 heteroatoms. The lowest BCUT2D eigenvalue weighted by Crippen LogP contribution is -2.49. The van der Waals surface area contributed by atoms with Crippen LogP contribution in [0.25, 0.3) is 21.0 Å². The Hall–Kier alpha value is -4.43. The van der Waals surface area contributed by atoms with E-state index in [1.165, 1.54) is 30.1 Å². The number of anilines is 1. The average molecular weight is 478 g/mol. The molecule has 0 bridgehead atoms. The highest BCUT2D eigenvalue weighted by atomic mass is 32.1. The molecule has 0 radical (unpaired) electrons. The molecule has 0 unspecified atom stereocenters. The number of benzene rings is 2. The predicted octanol–water partition coefficient (Wildman–Crippen LogP) is 2.19. The van der Waals surface area contributed by atoms with E-state index in [1.807, 2.05) is 0 Å². The van der Waals surface area contributed by atoms with Gasteiger partial charge in [-0.05, 0) is 30.3 Å². The summed E-state index contributed by atoms with van der Waals surface area (Å²) in [6.07, 6.45) is 1.68. The summed E-state index contributed by atoms with van der Waals surface area (Å²) in [7, 11) is 3.06. The SMILES string of the molecule is COc1cc(C#C[C@]2(Cn3cc4ccc(OC)cc4c3O)NC(=O)NC2=O)c2nc(N)sc2c1. The van der Waals surface area contributed by atoms with Crippen molar-refractivity contribution < 1.29 is 24.2 Å². The zero-order valence-corrected chi connectivity index (χ0v) is 18.9. The second-order valence-corrected chi connectivity index (χ2v) is 8.73. The summed E-state index contributed by atoms with van der Waals surface area (Å²) in [5.41, 5.74) is 5.29. The third kappa shape index (κ3) is 3.50. The van der Waals surface area contributed by atoms with Gasteiger partial charge in [0, 0.05) is 17.0 Å². The van der Waals surface area contributed by atoms with Gasteiger partial charge in [-0.25, -0.2) is 9.78 Å². The lowest BCUT2D eigenvalue weighted by Gasteiger charge is -2.20. The number of hydrogen-bond donors (Lipinski definition) is 4. The Bertz CT molecular complexity index is 1550. The zero-order valence-electron chi connectivity index (χ0n) is 18.1. The van der Waals surface area contributed by atoms with Crippen molar-refractivity contribution in [2.75, 3.05) is 20.0 Å². The first-order chi connectivity index (χ1) is 16.3. The average Bonchev–Trinajstić information content (AvgIpc) is 3.44. The molecule has 2 aromatic heterocycles. The molecule has 0 saturated carbocycles. The maximum absolute atomic E-state index is 12.9. The van der Waals surface area contributed by atoms with Gasteiger partial charge in [-0.1, -0.05) is 23.2 Å². The lowest BCUT2D eigenvalue weighted by molar-refractivity contribution is -0.122. The number of nitrogens with zero attached hydrogens (tertiary/aromatic N) is 2. The molecule has 4 aromatic rings. The largest absolute Gasteiger partial charge is 0.497 e. The number of nitrogen functional groups attached to an aromatic ring is 1. The van der Waals surface area contributed by atoms with Crippen molar-refractivity contribution in [2.45, 2.75) is 12.1 Å². The smallest absolute Gasteiger partial charge is 0.323 e. The third-order valence-electron chi connectivity index (χ3n) is 5.55. The van der Waals surface area contributed by atoms with Crippen LogP contribution in [0, 0.1) is 11.8 Å². The second kappa shape index (κ2) is 7.86. The molecule has 1 saturated heterocycles. The first-order valence-corrected chi connectivity index (χ1v) is 10.9. The topological polar surface area (TPSA) is 141 Å². The van der Waals surface area contributed by atoms with Crippen molar-refractivity contribution in [2.24, 2.45) is 0 Å². The Kier molecular flexibility index (Phi) is 4.95. The van der Waals surface area contributed by atoms with Crippen molar-refractivity contribution in [1.29, 1.82) is 0 Å². The summed E-state index contributed by atoms with van der Waals surface area (Å²) in [6, 6.07) is 8.05. The molecule has 0 spiro atoms. The fraction of sp³-hybridized carbons (Fsp3) is 0.174. The van der Waals surface area contributed by atoms with Crippen molar-refractivity contribution in [1.82, 2.24) is 20.2 Å². The van der Waals surface area contributed by atoms with Crippen molar-refractivity contribution in [3.8, 4) is 29.2 Å². The van der Waals surface area contributed by atoms with Crippen LogP contribution in [-0.4, -0.2) is 46.4 Å². The number of methoxy groups -OCH3 is 2. The summed E-state index contributed by atoms with van der Waals surface area (Å²) < 4.78 is 12.8. The lowest BCUT2D eigenvalue weighted by atomic mass is 9.99. The number of nitrogens with one attached hydrogen (secondary N) is 2. The molecule has 0 aliphatic carbocycles. The number of fused-ring (bicyclic) bond motifs is 2. The number of hydrogen-bond acceptors (Lipinski definition) is 8. The van der Waals surface area contributed by atoms with E-state index in [2.05, 4.69) is 27.5 Å². The van der Waals surface area contributed by atoms with Crippen LogP contribution in [0.2, 0.25) is 0 Å². The number of aromatic nitrogens is 2. The molecule has 5 rings (SSSR count). The van der Waals surface area contributed by atoms with Gasteiger partial charge in [-0.15, -0.1) is 0 Å². The number of ether oxygens (including phenoxy) is 2. The number of thiazole rings is 1. The molecule has 3 heterocycles. The Balaban J connectivity index is 1.61. The fourth-order valence-electron chi connectivity index (χ4n) is 3.87. The maximum atomic E-state index is 12.9. The summed E-state index contributed by atoms with van der Waals surface area (Å²) >= 11 is 1.29. The van der Waals surface area contributed by atoms with Gasteiger partial charge in [0.25, 0.3) is 5.91 Å². The molecular weight excluding hydrogens is 458 g/mol. The normalized spacial score (nSPS) is 17.4. The second-order valence-electron chi connectivity index (χ2n) is 7.67. The fourth-order valence-corrected chi connectivity index (χ4v) is 4.66. The van der Waals surface area contributed by atoms with Crippen LogP contribution in [0.1, 0.15) is 5.56 Å². The first kappa shape index (κ1) is 21.4. The highest BCUT2D eigenvalue weighted by Crippen LogP contribution is 2.33. The molecule has 172 valence electrons. The minimum atomic E-state index is -1.63.